The fourth-order valence-electron chi connectivity index (χ4n) is 2.44. The Balaban J connectivity index is 2.39. The monoisotopic (exact) mass is 290 g/mol. The summed E-state index contributed by atoms with van der Waals surface area (Å²) in [4.78, 5) is 11.8. The molecule has 3 N–H and O–H groups in total. The smallest absolute Gasteiger partial charge is 0.315 e. The van der Waals surface area contributed by atoms with Crippen LogP contribution >= 0.6 is 0 Å². The van der Waals surface area contributed by atoms with E-state index in [0.717, 1.165) is 25.7 Å². The summed E-state index contributed by atoms with van der Waals surface area (Å²) in [6.07, 6.45) is 4.45. The molecular weight excluding hydrogens is 264 g/mol. The molecule has 5 nitrogen and oxygen atoms in total. The lowest BCUT2D eigenvalue weighted by molar-refractivity contribution is 0.209. The number of urea groups is 1. The van der Waals surface area contributed by atoms with E-state index in [4.69, 9.17) is 5.11 Å². The normalized spacial score (nSPS) is 26.5. The fraction of sp³-hybridized carbons (Fsp3) is 0.923. The van der Waals surface area contributed by atoms with E-state index in [1.165, 1.54) is 0 Å². The molecule has 0 aromatic heterocycles. The minimum absolute atomic E-state index is 0.0446. The molecule has 1 rings (SSSR count). The lowest BCUT2D eigenvalue weighted by Crippen LogP contribution is -2.49. The molecule has 0 aromatic rings. The molecule has 0 spiro atoms. The average molecular weight is 290 g/mol. The van der Waals surface area contributed by atoms with Gasteiger partial charge in [-0.2, -0.15) is 0 Å². The van der Waals surface area contributed by atoms with Crippen molar-refractivity contribution in [3.63, 3.8) is 0 Å². The molecule has 1 fully saturated rings. The molecule has 4 unspecified atom stereocenters. The first-order valence-electron chi connectivity index (χ1n) is 7.15. The standard InChI is InChI=1S/C13H26N2O3S/c1-3-10(9-16)14-13(17)15-11-6-5-7-12(8-11)19(18)4-2/h10-12,16H,3-9H2,1-2H3,(H2,14,15,17). The van der Waals surface area contributed by atoms with Crippen molar-refractivity contribution in [1.29, 1.82) is 0 Å². The molecule has 2 amide bonds. The molecule has 19 heavy (non-hydrogen) atoms. The van der Waals surface area contributed by atoms with Crippen LogP contribution in [0.1, 0.15) is 46.0 Å². The van der Waals surface area contributed by atoms with Crippen LogP contribution in [0, 0.1) is 0 Å². The molecule has 1 aliphatic carbocycles. The highest BCUT2D eigenvalue weighted by Crippen LogP contribution is 2.22. The zero-order valence-corrected chi connectivity index (χ0v) is 12.7. The van der Waals surface area contributed by atoms with Gasteiger partial charge < -0.3 is 15.7 Å². The van der Waals surface area contributed by atoms with Crippen LogP contribution in [0.4, 0.5) is 4.79 Å². The Hall–Kier alpha value is -0.620. The molecule has 0 radical (unpaired) electrons. The zero-order chi connectivity index (χ0) is 14.3. The molecule has 0 aromatic carbocycles. The molecule has 0 heterocycles. The minimum Gasteiger partial charge on any atom is -0.394 e. The van der Waals surface area contributed by atoms with Gasteiger partial charge in [-0.1, -0.05) is 20.3 Å². The van der Waals surface area contributed by atoms with Gasteiger partial charge in [-0.25, -0.2) is 4.79 Å². The molecule has 0 aliphatic heterocycles. The highest BCUT2D eigenvalue weighted by atomic mass is 32.2. The number of rotatable bonds is 6. The van der Waals surface area contributed by atoms with Gasteiger partial charge in [-0.05, 0) is 25.7 Å². The van der Waals surface area contributed by atoms with Gasteiger partial charge in [-0.15, -0.1) is 0 Å². The van der Waals surface area contributed by atoms with Crippen molar-refractivity contribution in [2.45, 2.75) is 63.3 Å². The first-order chi connectivity index (χ1) is 9.10. The first kappa shape index (κ1) is 16.4. The second-order valence-corrected chi connectivity index (χ2v) is 7.07. The largest absolute Gasteiger partial charge is 0.394 e. The topological polar surface area (TPSA) is 78.4 Å². The number of aliphatic hydroxyl groups excluding tert-OH is 1. The van der Waals surface area contributed by atoms with Crippen LogP contribution < -0.4 is 10.6 Å². The summed E-state index contributed by atoms with van der Waals surface area (Å²) in [7, 11) is -0.775. The Kier molecular flexibility index (Phi) is 7.38. The summed E-state index contributed by atoms with van der Waals surface area (Å²) in [6.45, 7) is 3.81. The quantitative estimate of drug-likeness (QED) is 0.686. The molecule has 112 valence electrons. The Morgan fingerprint density at radius 3 is 2.74 bits per heavy atom. The lowest BCUT2D eigenvalue weighted by atomic mass is 9.95. The van der Waals surface area contributed by atoms with E-state index < -0.39 is 10.8 Å². The van der Waals surface area contributed by atoms with Gasteiger partial charge in [0.05, 0.1) is 12.6 Å². The van der Waals surface area contributed by atoms with Gasteiger partial charge in [0.1, 0.15) is 0 Å². The van der Waals surface area contributed by atoms with E-state index in [1.807, 2.05) is 13.8 Å². The highest BCUT2D eigenvalue weighted by Gasteiger charge is 2.26. The number of carbonyl (C=O) groups excluding carboxylic acids is 1. The van der Waals surface area contributed by atoms with Crippen LogP contribution in [0.2, 0.25) is 0 Å². The third-order valence-electron chi connectivity index (χ3n) is 3.67. The van der Waals surface area contributed by atoms with Crippen molar-refractivity contribution in [3.8, 4) is 0 Å². The number of aliphatic hydroxyl groups is 1. The summed E-state index contributed by atoms with van der Waals surface area (Å²) in [5.41, 5.74) is 0. The summed E-state index contributed by atoms with van der Waals surface area (Å²) >= 11 is 0. The lowest BCUT2D eigenvalue weighted by Gasteiger charge is -2.29. The summed E-state index contributed by atoms with van der Waals surface area (Å²) in [5.74, 6) is 0.687. The molecule has 1 saturated carbocycles. The highest BCUT2D eigenvalue weighted by molar-refractivity contribution is 7.85. The van der Waals surface area contributed by atoms with E-state index in [2.05, 4.69) is 10.6 Å². The van der Waals surface area contributed by atoms with Crippen LogP contribution in [0.25, 0.3) is 0 Å². The van der Waals surface area contributed by atoms with Gasteiger partial charge >= 0.3 is 6.03 Å². The van der Waals surface area contributed by atoms with Crippen molar-refractivity contribution in [2.24, 2.45) is 0 Å². The molecule has 0 saturated heterocycles. The summed E-state index contributed by atoms with van der Waals surface area (Å²) < 4.78 is 11.8. The van der Waals surface area contributed by atoms with Crippen LogP contribution in [0.15, 0.2) is 0 Å². The predicted octanol–water partition coefficient (Wildman–Crippen LogP) is 1.14. The number of carbonyl (C=O) groups is 1. The van der Waals surface area contributed by atoms with Gasteiger partial charge in [0.25, 0.3) is 0 Å². The second-order valence-electron chi connectivity index (χ2n) is 5.06. The van der Waals surface area contributed by atoms with Gasteiger partial charge in [0.15, 0.2) is 0 Å². The number of nitrogens with one attached hydrogen (secondary N) is 2. The average Bonchev–Trinajstić information content (AvgIpc) is 2.44. The van der Waals surface area contributed by atoms with Crippen molar-refractivity contribution in [1.82, 2.24) is 10.6 Å². The molecule has 6 heteroatoms. The van der Waals surface area contributed by atoms with Gasteiger partial charge in [-0.3, -0.25) is 4.21 Å². The van der Waals surface area contributed by atoms with Crippen LogP contribution in [0.3, 0.4) is 0 Å². The minimum atomic E-state index is -0.775. The second kappa shape index (κ2) is 8.53. The third-order valence-corrected chi connectivity index (χ3v) is 5.41. The fourth-order valence-corrected chi connectivity index (χ4v) is 3.79. The van der Waals surface area contributed by atoms with Crippen molar-refractivity contribution in [2.75, 3.05) is 12.4 Å². The molecule has 0 bridgehead atoms. The van der Waals surface area contributed by atoms with Crippen LogP contribution in [0.5, 0.6) is 0 Å². The zero-order valence-electron chi connectivity index (χ0n) is 11.9. The maximum absolute atomic E-state index is 11.8. The van der Waals surface area contributed by atoms with E-state index in [0.29, 0.717) is 12.2 Å². The Morgan fingerprint density at radius 2 is 2.16 bits per heavy atom. The first-order valence-corrected chi connectivity index (χ1v) is 8.53. The predicted molar refractivity (Wildman–Crippen MR) is 77.6 cm³/mol. The third kappa shape index (κ3) is 5.48. The molecular formula is C13H26N2O3S. The van der Waals surface area contributed by atoms with Crippen LogP contribution in [-0.2, 0) is 10.8 Å². The van der Waals surface area contributed by atoms with E-state index >= 15 is 0 Å². The van der Waals surface area contributed by atoms with Crippen molar-refractivity contribution >= 4 is 16.8 Å². The maximum Gasteiger partial charge on any atom is 0.315 e. The Bertz CT molecular complexity index is 308. The maximum atomic E-state index is 11.8. The number of hydrogen-bond acceptors (Lipinski definition) is 3. The molecule has 4 atom stereocenters. The number of hydrogen-bond donors (Lipinski definition) is 3. The van der Waals surface area contributed by atoms with E-state index in [1.54, 1.807) is 0 Å². The van der Waals surface area contributed by atoms with Gasteiger partial charge in [0, 0.05) is 27.8 Å². The number of amides is 2. The SMILES string of the molecule is CCC(CO)NC(=O)NC1CCCC(S(=O)CC)C1. The van der Waals surface area contributed by atoms with Crippen molar-refractivity contribution < 1.29 is 14.1 Å². The Morgan fingerprint density at radius 1 is 1.42 bits per heavy atom. The molecule has 1 aliphatic rings. The van der Waals surface area contributed by atoms with Crippen LogP contribution in [-0.4, -0.2) is 45.0 Å². The van der Waals surface area contributed by atoms with Crippen molar-refractivity contribution in [3.05, 3.63) is 0 Å². The van der Waals surface area contributed by atoms with E-state index in [-0.39, 0.29) is 30.0 Å². The summed E-state index contributed by atoms with van der Waals surface area (Å²) in [6, 6.07) is -0.316. The Labute approximate surface area is 118 Å². The van der Waals surface area contributed by atoms with Gasteiger partial charge in [0.2, 0.25) is 0 Å². The summed E-state index contributed by atoms with van der Waals surface area (Å²) in [5, 5.41) is 14.9. The van der Waals surface area contributed by atoms with E-state index in [9.17, 15) is 9.00 Å².